The second-order valence-corrected chi connectivity index (χ2v) is 9.07. The van der Waals surface area contributed by atoms with E-state index in [-0.39, 0.29) is 23.5 Å². The van der Waals surface area contributed by atoms with E-state index < -0.39 is 9.84 Å². The number of anilines is 2. The summed E-state index contributed by atoms with van der Waals surface area (Å²) in [7, 11) is -1.11. The number of aryl methyl sites for hydroxylation is 2. The van der Waals surface area contributed by atoms with Crippen LogP contribution in [0.25, 0.3) is 0 Å². The van der Waals surface area contributed by atoms with Gasteiger partial charge in [0, 0.05) is 25.0 Å². The van der Waals surface area contributed by atoms with Gasteiger partial charge in [-0.15, -0.1) is 0 Å². The number of benzene rings is 1. The van der Waals surface area contributed by atoms with Crippen LogP contribution in [-0.4, -0.2) is 43.9 Å². The van der Waals surface area contributed by atoms with Gasteiger partial charge in [0.15, 0.2) is 9.84 Å². The van der Waals surface area contributed by atoms with Crippen molar-refractivity contribution in [2.75, 3.05) is 28.8 Å². The average Bonchev–Trinajstić information content (AvgIpc) is 2.97. The summed E-state index contributed by atoms with van der Waals surface area (Å²) in [5.74, 6) is 0.815. The highest BCUT2D eigenvalue weighted by atomic mass is 32.2. The number of carbonyl (C=O) groups excluding carboxylic acids is 1. The summed E-state index contributed by atoms with van der Waals surface area (Å²) in [5.41, 5.74) is 3.38. The molecule has 1 aromatic heterocycles. The Morgan fingerprint density at radius 1 is 1.23 bits per heavy atom. The molecule has 1 saturated heterocycles. The van der Waals surface area contributed by atoms with Gasteiger partial charge in [0.2, 0.25) is 0 Å². The number of rotatable bonds is 4. The minimum atomic E-state index is -2.95. The zero-order valence-electron chi connectivity index (χ0n) is 15.2. The van der Waals surface area contributed by atoms with Gasteiger partial charge in [-0.1, -0.05) is 17.7 Å². The van der Waals surface area contributed by atoms with Crippen LogP contribution in [0.3, 0.4) is 0 Å². The number of carbonyl (C=O) groups is 1. The van der Waals surface area contributed by atoms with E-state index in [1.165, 1.54) is 6.20 Å². The Hall–Kier alpha value is -2.41. The lowest BCUT2D eigenvalue weighted by atomic mass is 10.1. The van der Waals surface area contributed by atoms with E-state index in [9.17, 15) is 13.2 Å². The number of sulfone groups is 1. The van der Waals surface area contributed by atoms with Gasteiger partial charge in [0.05, 0.1) is 17.1 Å². The Morgan fingerprint density at radius 3 is 2.58 bits per heavy atom. The normalized spacial score (nSPS) is 18.5. The molecule has 2 aromatic rings. The van der Waals surface area contributed by atoms with Crippen LogP contribution in [0.2, 0.25) is 0 Å². The summed E-state index contributed by atoms with van der Waals surface area (Å²) in [6.07, 6.45) is 2.13. The van der Waals surface area contributed by atoms with Crippen molar-refractivity contribution in [3.05, 3.63) is 53.2 Å². The monoisotopic (exact) mass is 373 g/mol. The van der Waals surface area contributed by atoms with Crippen molar-refractivity contribution in [3.8, 4) is 0 Å². The molecule has 1 aromatic carbocycles. The van der Waals surface area contributed by atoms with Gasteiger partial charge < -0.3 is 10.2 Å². The van der Waals surface area contributed by atoms with E-state index >= 15 is 0 Å². The van der Waals surface area contributed by atoms with E-state index in [2.05, 4.69) is 10.3 Å². The third-order valence-electron chi connectivity index (χ3n) is 4.76. The molecule has 6 nitrogen and oxygen atoms in total. The molecule has 1 unspecified atom stereocenters. The first-order chi connectivity index (χ1) is 12.2. The van der Waals surface area contributed by atoms with E-state index in [0.717, 1.165) is 16.8 Å². The SMILES string of the molecule is Cc1ccc(NC(=O)c2ccc(N(C)C3CCS(=O)(=O)C3)nc2)c(C)c1. The minimum absolute atomic E-state index is 0.0672. The highest BCUT2D eigenvalue weighted by Crippen LogP contribution is 2.22. The first-order valence-corrected chi connectivity index (χ1v) is 10.4. The van der Waals surface area contributed by atoms with Crippen LogP contribution in [0, 0.1) is 13.8 Å². The van der Waals surface area contributed by atoms with Gasteiger partial charge in [-0.3, -0.25) is 4.79 Å². The topological polar surface area (TPSA) is 79.4 Å². The van der Waals surface area contributed by atoms with Crippen molar-refractivity contribution in [3.63, 3.8) is 0 Å². The second-order valence-electron chi connectivity index (χ2n) is 6.85. The van der Waals surface area contributed by atoms with Gasteiger partial charge in [-0.05, 0) is 44.0 Å². The Kier molecular flexibility index (Phi) is 5.00. The summed E-state index contributed by atoms with van der Waals surface area (Å²) in [6.45, 7) is 3.96. The van der Waals surface area contributed by atoms with Crippen LogP contribution in [0.4, 0.5) is 11.5 Å². The third kappa shape index (κ3) is 4.04. The molecule has 1 aliphatic heterocycles. The fraction of sp³-hybridized carbons (Fsp3) is 0.368. The molecule has 7 heteroatoms. The quantitative estimate of drug-likeness (QED) is 0.891. The summed E-state index contributed by atoms with van der Waals surface area (Å²) >= 11 is 0. The molecule has 1 fully saturated rings. The average molecular weight is 373 g/mol. The highest BCUT2D eigenvalue weighted by Gasteiger charge is 2.31. The van der Waals surface area contributed by atoms with Crippen molar-refractivity contribution in [1.82, 2.24) is 4.98 Å². The maximum atomic E-state index is 12.4. The zero-order valence-corrected chi connectivity index (χ0v) is 16.0. The maximum absolute atomic E-state index is 12.4. The van der Waals surface area contributed by atoms with Gasteiger partial charge >= 0.3 is 0 Å². The molecule has 3 rings (SSSR count). The Balaban J connectivity index is 1.70. The molecule has 0 saturated carbocycles. The van der Waals surface area contributed by atoms with Crippen molar-refractivity contribution in [2.45, 2.75) is 26.3 Å². The summed E-state index contributed by atoms with van der Waals surface area (Å²) in [6, 6.07) is 9.25. The molecule has 1 N–H and O–H groups in total. The van der Waals surface area contributed by atoms with Crippen molar-refractivity contribution in [1.29, 1.82) is 0 Å². The minimum Gasteiger partial charge on any atom is -0.356 e. The van der Waals surface area contributed by atoms with E-state index in [1.807, 2.05) is 44.0 Å². The second kappa shape index (κ2) is 7.07. The molecule has 0 radical (unpaired) electrons. The lowest BCUT2D eigenvalue weighted by Gasteiger charge is -2.24. The van der Waals surface area contributed by atoms with E-state index in [0.29, 0.717) is 17.8 Å². The fourth-order valence-corrected chi connectivity index (χ4v) is 4.92. The Bertz CT molecular complexity index is 924. The third-order valence-corrected chi connectivity index (χ3v) is 6.51. The highest BCUT2D eigenvalue weighted by molar-refractivity contribution is 7.91. The predicted molar refractivity (Wildman–Crippen MR) is 104 cm³/mol. The van der Waals surface area contributed by atoms with Crippen LogP contribution >= 0.6 is 0 Å². The molecule has 2 heterocycles. The number of pyridine rings is 1. The van der Waals surface area contributed by atoms with Crippen molar-refractivity contribution in [2.24, 2.45) is 0 Å². The zero-order chi connectivity index (χ0) is 18.9. The van der Waals surface area contributed by atoms with Crippen LogP contribution in [0.15, 0.2) is 36.5 Å². The van der Waals surface area contributed by atoms with Gasteiger partial charge in [0.25, 0.3) is 5.91 Å². The fourth-order valence-electron chi connectivity index (χ4n) is 3.15. The Labute approximate surface area is 154 Å². The molecule has 1 aliphatic rings. The molecular weight excluding hydrogens is 350 g/mol. The number of aromatic nitrogens is 1. The van der Waals surface area contributed by atoms with Crippen LogP contribution in [-0.2, 0) is 9.84 Å². The van der Waals surface area contributed by atoms with Crippen LogP contribution in [0.5, 0.6) is 0 Å². The molecule has 1 atom stereocenters. The van der Waals surface area contributed by atoms with E-state index in [4.69, 9.17) is 0 Å². The number of nitrogens with zero attached hydrogens (tertiary/aromatic N) is 2. The molecular formula is C19H23N3O3S. The van der Waals surface area contributed by atoms with Crippen molar-refractivity contribution >= 4 is 27.2 Å². The lowest BCUT2D eigenvalue weighted by Crippen LogP contribution is -2.33. The van der Waals surface area contributed by atoms with Gasteiger partial charge in [0.1, 0.15) is 5.82 Å². The van der Waals surface area contributed by atoms with Gasteiger partial charge in [-0.25, -0.2) is 13.4 Å². The molecule has 26 heavy (non-hydrogen) atoms. The lowest BCUT2D eigenvalue weighted by molar-refractivity contribution is 0.102. The smallest absolute Gasteiger partial charge is 0.257 e. The standard InChI is InChI=1S/C19H23N3O3S/c1-13-4-6-17(14(2)10-13)21-19(23)15-5-7-18(20-11-15)22(3)16-8-9-26(24,25)12-16/h4-7,10-11,16H,8-9,12H2,1-3H3,(H,21,23). The largest absolute Gasteiger partial charge is 0.356 e. The molecule has 1 amide bonds. The number of amides is 1. The summed E-state index contributed by atoms with van der Waals surface area (Å²) in [5, 5.41) is 2.90. The molecule has 0 aliphatic carbocycles. The molecule has 138 valence electrons. The van der Waals surface area contributed by atoms with E-state index in [1.54, 1.807) is 12.1 Å². The molecule has 0 bridgehead atoms. The molecule has 0 spiro atoms. The maximum Gasteiger partial charge on any atom is 0.257 e. The number of hydrogen-bond acceptors (Lipinski definition) is 5. The van der Waals surface area contributed by atoms with Gasteiger partial charge in [-0.2, -0.15) is 0 Å². The number of nitrogens with one attached hydrogen (secondary N) is 1. The van der Waals surface area contributed by atoms with Crippen LogP contribution in [0.1, 0.15) is 27.9 Å². The first-order valence-electron chi connectivity index (χ1n) is 8.53. The Morgan fingerprint density at radius 2 is 2.00 bits per heavy atom. The number of hydrogen-bond donors (Lipinski definition) is 1. The first kappa shape index (κ1) is 18.4. The van der Waals surface area contributed by atoms with Crippen molar-refractivity contribution < 1.29 is 13.2 Å². The van der Waals surface area contributed by atoms with Crippen LogP contribution < -0.4 is 10.2 Å². The predicted octanol–water partition coefficient (Wildman–Crippen LogP) is 2.57. The summed E-state index contributed by atoms with van der Waals surface area (Å²) < 4.78 is 23.3. The summed E-state index contributed by atoms with van der Waals surface area (Å²) in [4.78, 5) is 18.6.